The van der Waals surface area contributed by atoms with Crippen molar-refractivity contribution in [1.29, 1.82) is 0 Å². The molecular formula is C22H25NO4. The van der Waals surface area contributed by atoms with Crippen molar-refractivity contribution in [3.05, 3.63) is 65.7 Å². The number of carboxylic acids is 1. The first-order chi connectivity index (χ1) is 12.9. The topological polar surface area (TPSA) is 66.8 Å². The molecule has 5 nitrogen and oxygen atoms in total. The van der Waals surface area contributed by atoms with Gasteiger partial charge in [-0.05, 0) is 30.5 Å². The monoisotopic (exact) mass is 367 g/mol. The Balaban J connectivity index is 1.77. The largest absolute Gasteiger partial charge is 0.489 e. The van der Waals surface area contributed by atoms with Gasteiger partial charge in [-0.2, -0.15) is 0 Å². The van der Waals surface area contributed by atoms with Crippen molar-refractivity contribution in [2.75, 3.05) is 13.1 Å². The van der Waals surface area contributed by atoms with Gasteiger partial charge in [0.05, 0.1) is 5.41 Å². The average Bonchev–Trinajstić information content (AvgIpc) is 3.14. The summed E-state index contributed by atoms with van der Waals surface area (Å²) in [5.74, 6) is -0.255. The molecule has 5 heteroatoms. The van der Waals surface area contributed by atoms with Crippen LogP contribution in [0.2, 0.25) is 0 Å². The summed E-state index contributed by atoms with van der Waals surface area (Å²) in [4.78, 5) is 26.6. The number of nitrogens with zero attached hydrogens (tertiary/aromatic N) is 1. The van der Waals surface area contributed by atoms with Crippen LogP contribution in [0.3, 0.4) is 0 Å². The normalized spacial score (nSPS) is 19.3. The van der Waals surface area contributed by atoms with Crippen molar-refractivity contribution < 1.29 is 19.4 Å². The van der Waals surface area contributed by atoms with Gasteiger partial charge < -0.3 is 14.7 Å². The van der Waals surface area contributed by atoms with Crippen LogP contribution in [0.15, 0.2) is 54.6 Å². The van der Waals surface area contributed by atoms with Crippen molar-refractivity contribution in [2.45, 2.75) is 26.9 Å². The predicted molar refractivity (Wildman–Crippen MR) is 103 cm³/mol. The van der Waals surface area contributed by atoms with Gasteiger partial charge in [0.25, 0.3) is 5.91 Å². The Kier molecular flexibility index (Phi) is 5.49. The van der Waals surface area contributed by atoms with Gasteiger partial charge in [0, 0.05) is 24.2 Å². The van der Waals surface area contributed by atoms with Crippen LogP contribution in [-0.2, 0) is 11.4 Å². The van der Waals surface area contributed by atoms with Gasteiger partial charge in [0.2, 0.25) is 0 Å². The predicted octanol–water partition coefficient (Wildman–Crippen LogP) is 3.84. The number of hydrogen-bond donors (Lipinski definition) is 1. The fourth-order valence-corrected chi connectivity index (χ4v) is 3.60. The van der Waals surface area contributed by atoms with Crippen LogP contribution < -0.4 is 4.74 Å². The minimum atomic E-state index is -0.870. The summed E-state index contributed by atoms with van der Waals surface area (Å²) in [6, 6.07) is 16.8. The molecular weight excluding hydrogens is 342 g/mol. The van der Waals surface area contributed by atoms with Gasteiger partial charge in [-0.3, -0.25) is 9.59 Å². The van der Waals surface area contributed by atoms with Crippen LogP contribution in [-0.4, -0.2) is 35.0 Å². The Labute approximate surface area is 159 Å². The number of likely N-dealkylation sites (tertiary alicyclic amines) is 1. The number of rotatable bonds is 6. The van der Waals surface area contributed by atoms with E-state index >= 15 is 0 Å². The molecule has 27 heavy (non-hydrogen) atoms. The summed E-state index contributed by atoms with van der Waals surface area (Å²) in [6.07, 6.45) is 0.481. The molecule has 1 heterocycles. The molecule has 142 valence electrons. The molecule has 0 radical (unpaired) electrons. The van der Waals surface area contributed by atoms with E-state index in [1.165, 1.54) is 0 Å². The molecule has 1 unspecified atom stereocenters. The van der Waals surface area contributed by atoms with Gasteiger partial charge in [0.1, 0.15) is 12.4 Å². The standard InChI is InChI=1S/C22H25NO4/c1-16(2)22(21(25)26)12-13-23(15-22)20(24)19-11-7-6-8-17(19)14-27-18-9-4-3-5-10-18/h3-11,16H,12-15H2,1-2H3,(H,25,26). The molecule has 1 fully saturated rings. The number of carbonyl (C=O) groups excluding carboxylic acids is 1. The van der Waals surface area contributed by atoms with Crippen molar-refractivity contribution in [2.24, 2.45) is 11.3 Å². The molecule has 1 aliphatic rings. The first-order valence-corrected chi connectivity index (χ1v) is 9.22. The summed E-state index contributed by atoms with van der Waals surface area (Å²) >= 11 is 0. The molecule has 2 aromatic rings. The summed E-state index contributed by atoms with van der Waals surface area (Å²) in [5, 5.41) is 9.71. The molecule has 1 aliphatic heterocycles. The van der Waals surface area contributed by atoms with Crippen LogP contribution >= 0.6 is 0 Å². The van der Waals surface area contributed by atoms with E-state index in [0.29, 0.717) is 18.5 Å². The molecule has 1 saturated heterocycles. The maximum absolute atomic E-state index is 13.1. The number of ether oxygens (including phenoxy) is 1. The quantitative estimate of drug-likeness (QED) is 0.842. The molecule has 1 N–H and O–H groups in total. The van der Waals surface area contributed by atoms with Crippen molar-refractivity contribution in [1.82, 2.24) is 4.90 Å². The minimum Gasteiger partial charge on any atom is -0.489 e. The van der Waals surface area contributed by atoms with Gasteiger partial charge in [-0.25, -0.2) is 0 Å². The van der Waals surface area contributed by atoms with Crippen LogP contribution in [0.25, 0.3) is 0 Å². The third-order valence-electron chi connectivity index (χ3n) is 5.50. The highest BCUT2D eigenvalue weighted by atomic mass is 16.5. The summed E-state index contributed by atoms with van der Waals surface area (Å²) < 4.78 is 5.80. The van der Waals surface area contributed by atoms with E-state index in [1.807, 2.05) is 62.4 Å². The molecule has 1 amide bonds. The minimum absolute atomic E-state index is 0.0375. The Morgan fingerprint density at radius 1 is 1.11 bits per heavy atom. The SMILES string of the molecule is CC(C)C1(C(=O)O)CCN(C(=O)c2ccccc2COc2ccccc2)C1. The van der Waals surface area contributed by atoms with E-state index in [2.05, 4.69) is 0 Å². The molecule has 2 aromatic carbocycles. The fraction of sp³-hybridized carbons (Fsp3) is 0.364. The van der Waals surface area contributed by atoms with Crippen LogP contribution in [0.4, 0.5) is 0 Å². The smallest absolute Gasteiger partial charge is 0.311 e. The Bertz CT molecular complexity index is 818. The molecule has 0 aliphatic carbocycles. The highest BCUT2D eigenvalue weighted by molar-refractivity contribution is 5.96. The lowest BCUT2D eigenvalue weighted by Crippen LogP contribution is -2.40. The van der Waals surface area contributed by atoms with Crippen molar-refractivity contribution in [3.63, 3.8) is 0 Å². The maximum Gasteiger partial charge on any atom is 0.311 e. The highest BCUT2D eigenvalue weighted by Gasteiger charge is 2.48. The first-order valence-electron chi connectivity index (χ1n) is 9.22. The van der Waals surface area contributed by atoms with Gasteiger partial charge >= 0.3 is 5.97 Å². The number of para-hydroxylation sites is 1. The van der Waals surface area contributed by atoms with Crippen molar-refractivity contribution >= 4 is 11.9 Å². The molecule has 0 saturated carbocycles. The van der Waals surface area contributed by atoms with Gasteiger partial charge in [-0.15, -0.1) is 0 Å². The van der Waals surface area contributed by atoms with Crippen molar-refractivity contribution in [3.8, 4) is 5.75 Å². The zero-order valence-corrected chi connectivity index (χ0v) is 15.7. The third-order valence-corrected chi connectivity index (χ3v) is 5.50. The number of hydrogen-bond acceptors (Lipinski definition) is 3. The summed E-state index contributed by atoms with van der Waals surface area (Å²) in [7, 11) is 0. The maximum atomic E-state index is 13.1. The van der Waals surface area contributed by atoms with Crippen LogP contribution in [0, 0.1) is 11.3 Å². The van der Waals surface area contributed by atoms with E-state index in [9.17, 15) is 14.7 Å². The van der Waals surface area contributed by atoms with Crippen LogP contribution in [0.5, 0.6) is 5.75 Å². The molecule has 0 bridgehead atoms. The second kappa shape index (κ2) is 7.82. The summed E-state index contributed by atoms with van der Waals surface area (Å²) in [6.45, 7) is 4.80. The molecule has 1 atom stereocenters. The second-order valence-electron chi connectivity index (χ2n) is 7.35. The van der Waals surface area contributed by atoms with E-state index in [4.69, 9.17) is 4.74 Å². The third kappa shape index (κ3) is 3.82. The molecule has 0 spiro atoms. The van der Waals surface area contributed by atoms with E-state index in [-0.39, 0.29) is 25.0 Å². The second-order valence-corrected chi connectivity index (χ2v) is 7.35. The first kappa shape index (κ1) is 19.0. The molecule has 3 rings (SSSR count). The Hall–Kier alpha value is -2.82. The van der Waals surface area contributed by atoms with Gasteiger partial charge in [-0.1, -0.05) is 50.2 Å². The zero-order valence-electron chi connectivity index (χ0n) is 15.7. The Morgan fingerprint density at radius 2 is 1.78 bits per heavy atom. The van der Waals surface area contributed by atoms with Crippen LogP contribution in [0.1, 0.15) is 36.2 Å². The number of carbonyl (C=O) groups is 2. The van der Waals surface area contributed by atoms with E-state index < -0.39 is 11.4 Å². The summed E-state index contributed by atoms with van der Waals surface area (Å²) in [5.41, 5.74) is 0.493. The highest BCUT2D eigenvalue weighted by Crippen LogP contribution is 2.38. The molecule has 0 aromatic heterocycles. The fourth-order valence-electron chi connectivity index (χ4n) is 3.60. The average molecular weight is 367 g/mol. The lowest BCUT2D eigenvalue weighted by atomic mass is 9.76. The number of amides is 1. The number of carboxylic acid groups (broad SMARTS) is 1. The zero-order chi connectivity index (χ0) is 19.4. The van der Waals surface area contributed by atoms with E-state index in [1.54, 1.807) is 11.0 Å². The van der Waals surface area contributed by atoms with Gasteiger partial charge in [0.15, 0.2) is 0 Å². The Morgan fingerprint density at radius 3 is 2.41 bits per heavy atom. The number of aliphatic carboxylic acids is 1. The lowest BCUT2D eigenvalue weighted by Gasteiger charge is -2.28. The lowest BCUT2D eigenvalue weighted by molar-refractivity contribution is -0.150. The number of benzene rings is 2. The van der Waals surface area contributed by atoms with E-state index in [0.717, 1.165) is 11.3 Å².